The number of primary amides is 1. The van der Waals surface area contributed by atoms with Gasteiger partial charge in [-0.15, -0.1) is 0 Å². The van der Waals surface area contributed by atoms with Crippen LogP contribution in [0.2, 0.25) is 0 Å². The third-order valence-corrected chi connectivity index (χ3v) is 0.521. The van der Waals surface area contributed by atoms with Crippen LogP contribution in [0.15, 0.2) is 0 Å². The molecule has 1 amide bonds. The van der Waals surface area contributed by atoms with Crippen molar-refractivity contribution in [2.75, 3.05) is 13.2 Å². The van der Waals surface area contributed by atoms with E-state index in [0.717, 1.165) is 0 Å². The summed E-state index contributed by atoms with van der Waals surface area (Å²) in [7, 11) is 0. The third-order valence-electron chi connectivity index (χ3n) is 0.521. The fraction of sp³-hybridized carbons (Fsp3) is 0.667. The second-order valence-corrected chi connectivity index (χ2v) is 1.30. The van der Waals surface area contributed by atoms with Crippen LogP contribution in [0.3, 0.4) is 0 Å². The van der Waals surface area contributed by atoms with E-state index in [-0.39, 0.29) is 0 Å². The minimum atomic E-state index is -0.711. The van der Waals surface area contributed by atoms with Crippen molar-refractivity contribution in [1.82, 2.24) is 0 Å². The average molecular weight is 163 g/mol. The molecule has 0 aliphatic rings. The Kier molecular flexibility index (Phi) is 13.0. The van der Waals surface area contributed by atoms with E-state index in [1.165, 1.54) is 0 Å². The Bertz CT molecular complexity index is 105. The molecular weight excluding hydrogens is 150 g/mol. The van der Waals surface area contributed by atoms with Gasteiger partial charge >= 0.3 is 6.09 Å². The third kappa shape index (κ3) is 28.4. The first kappa shape index (κ1) is 12.4. The standard InChI is InChI=1S/C3H7NO2.C3H6O2/c1-2-6-3(4)5;1-2-5-3-4/h2H2,1H3,(H2,4,5);3H,2H2,1H3. The molecule has 0 aromatic heterocycles. The maximum atomic E-state index is 9.60. The first-order valence-corrected chi connectivity index (χ1v) is 3.16. The zero-order valence-electron chi connectivity index (χ0n) is 6.70. The molecule has 0 rings (SSSR count). The van der Waals surface area contributed by atoms with E-state index < -0.39 is 6.09 Å². The summed E-state index contributed by atoms with van der Waals surface area (Å²) < 4.78 is 8.33. The summed E-state index contributed by atoms with van der Waals surface area (Å²) in [5.74, 6) is 0. The lowest BCUT2D eigenvalue weighted by Gasteiger charge is -1.89. The van der Waals surface area contributed by atoms with Crippen LogP contribution < -0.4 is 5.73 Å². The van der Waals surface area contributed by atoms with Gasteiger partial charge in [0.05, 0.1) is 13.2 Å². The van der Waals surface area contributed by atoms with Crippen LogP contribution in [0.4, 0.5) is 4.79 Å². The Morgan fingerprint density at radius 1 is 1.45 bits per heavy atom. The van der Waals surface area contributed by atoms with Gasteiger partial charge in [-0.2, -0.15) is 0 Å². The van der Waals surface area contributed by atoms with Gasteiger partial charge in [-0.1, -0.05) is 0 Å². The van der Waals surface area contributed by atoms with Crippen LogP contribution in [0.25, 0.3) is 0 Å². The number of carbonyl (C=O) groups is 2. The number of nitrogens with two attached hydrogens (primary N) is 1. The summed E-state index contributed by atoms with van der Waals surface area (Å²) in [6.07, 6.45) is -0.711. The Labute approximate surface area is 65.5 Å². The smallest absolute Gasteiger partial charge is 0.404 e. The summed E-state index contributed by atoms with van der Waals surface area (Å²) in [5.41, 5.74) is 4.54. The number of amides is 1. The van der Waals surface area contributed by atoms with Gasteiger partial charge in [0.25, 0.3) is 6.47 Å². The van der Waals surface area contributed by atoms with E-state index in [2.05, 4.69) is 15.2 Å². The van der Waals surface area contributed by atoms with Gasteiger partial charge < -0.3 is 15.2 Å². The number of rotatable bonds is 3. The lowest BCUT2D eigenvalue weighted by Crippen LogP contribution is -2.11. The first-order valence-electron chi connectivity index (χ1n) is 3.16. The Hall–Kier alpha value is -1.26. The highest BCUT2D eigenvalue weighted by molar-refractivity contribution is 5.64. The molecule has 0 unspecified atom stereocenters. The monoisotopic (exact) mass is 163 g/mol. The molecule has 0 radical (unpaired) electrons. The summed E-state index contributed by atoms with van der Waals surface area (Å²) >= 11 is 0. The highest BCUT2D eigenvalue weighted by Gasteiger charge is 1.82. The fourth-order valence-electron chi connectivity index (χ4n) is 0.210. The largest absolute Gasteiger partial charge is 0.468 e. The van der Waals surface area contributed by atoms with Crippen molar-refractivity contribution in [3.8, 4) is 0 Å². The molecule has 66 valence electrons. The molecule has 0 fully saturated rings. The lowest BCUT2D eigenvalue weighted by atomic mass is 10.9. The Balaban J connectivity index is 0. The SMILES string of the molecule is CCOC(N)=O.CCOC=O. The van der Waals surface area contributed by atoms with Gasteiger partial charge in [0.2, 0.25) is 0 Å². The Morgan fingerprint density at radius 3 is 2.00 bits per heavy atom. The van der Waals surface area contributed by atoms with Gasteiger partial charge in [-0.3, -0.25) is 4.79 Å². The number of ether oxygens (including phenoxy) is 2. The molecule has 0 heterocycles. The van der Waals surface area contributed by atoms with E-state index in [4.69, 9.17) is 0 Å². The van der Waals surface area contributed by atoms with Crippen molar-refractivity contribution >= 4 is 12.6 Å². The Morgan fingerprint density at radius 2 is 2.00 bits per heavy atom. The summed E-state index contributed by atoms with van der Waals surface area (Å²) in [6, 6.07) is 0. The zero-order chi connectivity index (χ0) is 9.11. The normalized spacial score (nSPS) is 7.09. The number of carbonyl (C=O) groups excluding carboxylic acids is 2. The maximum absolute atomic E-state index is 9.60. The molecule has 5 heteroatoms. The van der Waals surface area contributed by atoms with E-state index >= 15 is 0 Å². The van der Waals surface area contributed by atoms with Gasteiger partial charge in [0, 0.05) is 0 Å². The predicted molar refractivity (Wildman–Crippen MR) is 38.9 cm³/mol. The molecule has 0 bridgehead atoms. The van der Waals surface area contributed by atoms with Crippen LogP contribution in [0.1, 0.15) is 13.8 Å². The van der Waals surface area contributed by atoms with Crippen molar-refractivity contribution in [3.63, 3.8) is 0 Å². The molecule has 0 aliphatic carbocycles. The predicted octanol–water partition coefficient (Wildman–Crippen LogP) is 0.281. The van der Waals surface area contributed by atoms with E-state index in [0.29, 0.717) is 19.7 Å². The van der Waals surface area contributed by atoms with Gasteiger partial charge in [0.15, 0.2) is 0 Å². The minimum Gasteiger partial charge on any atom is -0.468 e. The highest BCUT2D eigenvalue weighted by atomic mass is 16.5. The van der Waals surface area contributed by atoms with Crippen molar-refractivity contribution in [3.05, 3.63) is 0 Å². The van der Waals surface area contributed by atoms with Crippen molar-refractivity contribution in [1.29, 1.82) is 0 Å². The number of hydrogen-bond donors (Lipinski definition) is 1. The average Bonchev–Trinajstić information content (AvgIpc) is 1.90. The molecular formula is C6H13NO4. The second-order valence-electron chi connectivity index (χ2n) is 1.30. The highest BCUT2D eigenvalue weighted by Crippen LogP contribution is 1.66. The van der Waals surface area contributed by atoms with E-state index in [1.54, 1.807) is 13.8 Å². The molecule has 0 saturated carbocycles. The number of hydrogen-bond acceptors (Lipinski definition) is 4. The van der Waals surface area contributed by atoms with Crippen LogP contribution in [-0.2, 0) is 14.3 Å². The molecule has 5 nitrogen and oxygen atoms in total. The van der Waals surface area contributed by atoms with Crippen molar-refractivity contribution < 1.29 is 19.1 Å². The van der Waals surface area contributed by atoms with Crippen molar-refractivity contribution in [2.45, 2.75) is 13.8 Å². The lowest BCUT2D eigenvalue weighted by molar-refractivity contribution is -0.128. The van der Waals surface area contributed by atoms with Crippen molar-refractivity contribution in [2.24, 2.45) is 5.73 Å². The minimum absolute atomic E-state index is 0.356. The quantitative estimate of drug-likeness (QED) is 0.606. The van der Waals surface area contributed by atoms with Crippen LogP contribution in [-0.4, -0.2) is 25.8 Å². The molecule has 0 spiro atoms. The molecule has 11 heavy (non-hydrogen) atoms. The summed E-state index contributed by atoms with van der Waals surface area (Å²) in [6.45, 7) is 4.72. The molecule has 0 aliphatic heterocycles. The van der Waals surface area contributed by atoms with Gasteiger partial charge in [-0.25, -0.2) is 4.79 Å². The molecule has 0 saturated heterocycles. The molecule has 0 aromatic carbocycles. The maximum Gasteiger partial charge on any atom is 0.404 e. The van der Waals surface area contributed by atoms with Crippen LogP contribution in [0, 0.1) is 0 Å². The second kappa shape index (κ2) is 11.5. The first-order chi connectivity index (χ1) is 5.18. The van der Waals surface area contributed by atoms with E-state index in [9.17, 15) is 9.59 Å². The molecule has 0 atom stereocenters. The summed E-state index contributed by atoms with van der Waals surface area (Å²) in [4.78, 5) is 18.8. The summed E-state index contributed by atoms with van der Waals surface area (Å²) in [5, 5.41) is 0. The van der Waals surface area contributed by atoms with Crippen LogP contribution >= 0.6 is 0 Å². The van der Waals surface area contributed by atoms with E-state index in [1.807, 2.05) is 0 Å². The van der Waals surface area contributed by atoms with Gasteiger partial charge in [-0.05, 0) is 13.8 Å². The molecule has 2 N–H and O–H groups in total. The molecule has 0 aromatic rings. The zero-order valence-corrected chi connectivity index (χ0v) is 6.70. The van der Waals surface area contributed by atoms with Gasteiger partial charge in [0.1, 0.15) is 0 Å². The van der Waals surface area contributed by atoms with Crippen LogP contribution in [0.5, 0.6) is 0 Å². The fourth-order valence-corrected chi connectivity index (χ4v) is 0.210. The topological polar surface area (TPSA) is 78.6 Å².